The molecule has 17 atom stereocenters. The quantitative estimate of drug-likeness (QED) is 0.184. The average Bonchev–Trinajstić information content (AvgIpc) is 3.72. The van der Waals surface area contributed by atoms with Crippen LogP contribution < -0.4 is 0 Å². The van der Waals surface area contributed by atoms with E-state index in [4.69, 9.17) is 0 Å². The summed E-state index contributed by atoms with van der Waals surface area (Å²) >= 11 is 0. The second-order valence-electron chi connectivity index (χ2n) is 26.9. The van der Waals surface area contributed by atoms with Crippen LogP contribution in [0.15, 0.2) is 11.6 Å². The summed E-state index contributed by atoms with van der Waals surface area (Å²) in [6, 6.07) is 0. The van der Waals surface area contributed by atoms with Crippen LogP contribution in [-0.2, 0) is 0 Å². The largest absolute Gasteiger partial charge is 0.390 e. The first kappa shape index (κ1) is 44.8. The minimum absolute atomic E-state index is 0.306. The summed E-state index contributed by atoms with van der Waals surface area (Å²) in [5.41, 5.74) is 1.91. The van der Waals surface area contributed by atoms with Crippen molar-refractivity contribution in [1.29, 1.82) is 0 Å². The molecular weight excluding hydrogens is 737 g/mol. The third kappa shape index (κ3) is 7.62. The fraction of sp³-hybridized carbons (Fsp3) is 0.964. The van der Waals surface area contributed by atoms with Gasteiger partial charge in [0.1, 0.15) is 0 Å². The molecule has 10 aliphatic carbocycles. The van der Waals surface area contributed by atoms with Crippen molar-refractivity contribution in [2.24, 2.45) is 86.8 Å². The third-order valence-electron chi connectivity index (χ3n) is 23.6. The minimum Gasteiger partial charge on any atom is -0.390 e. The van der Waals surface area contributed by atoms with Crippen LogP contribution in [0.25, 0.3) is 0 Å². The summed E-state index contributed by atoms with van der Waals surface area (Å²) in [6.07, 6.45) is 35.4. The molecule has 0 amide bonds. The van der Waals surface area contributed by atoms with Crippen LogP contribution in [0.2, 0.25) is 0 Å². The van der Waals surface area contributed by atoms with Gasteiger partial charge in [0, 0.05) is 0 Å². The van der Waals surface area contributed by atoms with E-state index in [0.717, 1.165) is 129 Å². The Hall–Kier alpha value is -0.420. The highest BCUT2D eigenvalue weighted by molar-refractivity contribution is 5.27. The number of hydrogen-bond acceptors (Lipinski definition) is 4. The molecule has 342 valence electrons. The standard InChI is InChI=1S/C28H48O2.C28H46O2/c2*1-19(10-15-28(30)12-5-13-28)22-8-9-23-21-7-6-20-18-25(2,29)16-17-26(20,3)24(21)11-14-27(22,23)4/h19-24,29-30H,5-18H2,1-4H3;6,19,21-24,29-30H,5,7-18H2,1-4H3/t19-,20+,21+,22-,23+,24+,25+,26+,27-;19-,21+,22-,23+,24+,25+,26+,27-/m11/s1. The van der Waals surface area contributed by atoms with E-state index in [2.05, 4.69) is 54.5 Å². The van der Waals surface area contributed by atoms with Crippen molar-refractivity contribution < 1.29 is 20.4 Å². The molecule has 0 bridgehead atoms. The molecule has 0 aromatic rings. The number of hydrogen-bond donors (Lipinski definition) is 4. The van der Waals surface area contributed by atoms with Gasteiger partial charge in [0.2, 0.25) is 0 Å². The Labute approximate surface area is 368 Å². The minimum atomic E-state index is -0.486. The molecule has 0 spiro atoms. The Kier molecular flexibility index (Phi) is 11.6. The normalized spacial score (nSPS) is 51.9. The lowest BCUT2D eigenvalue weighted by Crippen LogP contribution is -2.55. The van der Waals surface area contributed by atoms with Gasteiger partial charge in [-0.3, -0.25) is 0 Å². The molecule has 60 heavy (non-hydrogen) atoms. The van der Waals surface area contributed by atoms with E-state index in [9.17, 15) is 20.4 Å². The number of fused-ring (bicyclic) bond motifs is 10. The Bertz CT molecular complexity index is 1590. The van der Waals surface area contributed by atoms with Crippen molar-refractivity contribution in [3.05, 3.63) is 11.6 Å². The molecule has 4 nitrogen and oxygen atoms in total. The summed E-state index contributed by atoms with van der Waals surface area (Å²) in [5, 5.41) is 42.6. The number of rotatable bonds is 8. The van der Waals surface area contributed by atoms with Gasteiger partial charge in [-0.1, -0.05) is 53.2 Å². The highest BCUT2D eigenvalue weighted by atomic mass is 16.3. The lowest BCUT2D eigenvalue weighted by Gasteiger charge is -2.62. The van der Waals surface area contributed by atoms with E-state index < -0.39 is 11.2 Å². The summed E-state index contributed by atoms with van der Waals surface area (Å²) in [6.45, 7) is 19.6. The van der Waals surface area contributed by atoms with Crippen LogP contribution in [0.4, 0.5) is 0 Å². The maximum absolute atomic E-state index is 10.7. The Balaban J connectivity index is 0.000000154. The summed E-state index contributed by atoms with van der Waals surface area (Å²) < 4.78 is 0. The van der Waals surface area contributed by atoms with E-state index in [1.54, 1.807) is 5.57 Å². The number of allylic oxidation sites excluding steroid dienone is 1. The van der Waals surface area contributed by atoms with E-state index >= 15 is 0 Å². The fourth-order valence-electron chi connectivity index (χ4n) is 19.3. The number of aliphatic hydroxyl groups is 4. The van der Waals surface area contributed by atoms with Gasteiger partial charge in [0.05, 0.1) is 22.4 Å². The van der Waals surface area contributed by atoms with Gasteiger partial charge in [-0.05, 0) is 274 Å². The van der Waals surface area contributed by atoms with Crippen molar-refractivity contribution in [3.63, 3.8) is 0 Å². The highest BCUT2D eigenvalue weighted by Crippen LogP contribution is 2.70. The molecule has 0 aliphatic heterocycles. The van der Waals surface area contributed by atoms with E-state index in [1.807, 2.05) is 6.92 Å². The van der Waals surface area contributed by atoms with Crippen molar-refractivity contribution in [1.82, 2.24) is 0 Å². The van der Waals surface area contributed by atoms with Crippen molar-refractivity contribution in [2.75, 3.05) is 0 Å². The first-order valence-electron chi connectivity index (χ1n) is 26.7. The van der Waals surface area contributed by atoms with Gasteiger partial charge in [0.25, 0.3) is 0 Å². The molecule has 9 saturated carbocycles. The first-order valence-corrected chi connectivity index (χ1v) is 26.7. The zero-order valence-electron chi connectivity index (χ0n) is 40.3. The smallest absolute Gasteiger partial charge is 0.0657 e. The van der Waals surface area contributed by atoms with Crippen molar-refractivity contribution in [3.8, 4) is 0 Å². The third-order valence-corrected chi connectivity index (χ3v) is 23.6. The lowest BCUT2D eigenvalue weighted by molar-refractivity contribution is -0.148. The van der Waals surface area contributed by atoms with Crippen LogP contribution >= 0.6 is 0 Å². The zero-order valence-corrected chi connectivity index (χ0v) is 40.3. The molecule has 4 heteroatoms. The second-order valence-corrected chi connectivity index (χ2v) is 26.9. The van der Waals surface area contributed by atoms with E-state index in [-0.39, 0.29) is 11.2 Å². The molecule has 9 fully saturated rings. The molecule has 10 rings (SSSR count). The van der Waals surface area contributed by atoms with Gasteiger partial charge >= 0.3 is 0 Å². The monoisotopic (exact) mass is 831 g/mol. The maximum atomic E-state index is 10.7. The zero-order chi connectivity index (χ0) is 42.7. The molecule has 0 radical (unpaired) electrons. The lowest BCUT2D eigenvalue weighted by atomic mass is 9.43. The van der Waals surface area contributed by atoms with Gasteiger partial charge in [-0.25, -0.2) is 0 Å². The van der Waals surface area contributed by atoms with E-state index in [1.165, 1.54) is 109 Å². The SMILES string of the molecule is C[C@H](CCC1(O)CCC1)[C@H]1CC[C@H]2[C@@H]3CC=C4C[C@@](C)(O)CC[C@]4(C)[C@H]3CC[C@]12C.C[C@H](CCC1(O)CCC1)[C@H]1CC[C@H]2[C@@H]3CC[C@H]4C[C@@](C)(O)CC[C@]4(C)[C@H]3CC[C@]12C. The predicted octanol–water partition coefficient (Wildman–Crippen LogP) is 13.4. The van der Waals surface area contributed by atoms with Crippen LogP contribution in [0, 0.1) is 86.8 Å². The first-order chi connectivity index (χ1) is 28.1. The molecule has 0 aromatic carbocycles. The predicted molar refractivity (Wildman–Crippen MR) is 246 cm³/mol. The summed E-state index contributed by atoms with van der Waals surface area (Å²) in [4.78, 5) is 0. The van der Waals surface area contributed by atoms with Gasteiger partial charge < -0.3 is 20.4 Å². The Morgan fingerprint density at radius 3 is 1.58 bits per heavy atom. The molecule has 0 heterocycles. The summed E-state index contributed by atoms with van der Waals surface area (Å²) in [7, 11) is 0. The Morgan fingerprint density at radius 2 is 1.03 bits per heavy atom. The molecule has 0 aromatic heterocycles. The van der Waals surface area contributed by atoms with Crippen LogP contribution in [-0.4, -0.2) is 42.8 Å². The molecule has 0 unspecified atom stereocenters. The van der Waals surface area contributed by atoms with Crippen LogP contribution in [0.5, 0.6) is 0 Å². The Morgan fingerprint density at radius 1 is 0.517 bits per heavy atom. The highest BCUT2D eigenvalue weighted by Gasteiger charge is 2.62. The van der Waals surface area contributed by atoms with Crippen LogP contribution in [0.1, 0.15) is 229 Å². The molecule has 10 aliphatic rings. The maximum Gasteiger partial charge on any atom is 0.0657 e. The van der Waals surface area contributed by atoms with Crippen molar-refractivity contribution >= 4 is 0 Å². The average molecular weight is 831 g/mol. The topological polar surface area (TPSA) is 80.9 Å². The van der Waals surface area contributed by atoms with Gasteiger partial charge in [-0.15, -0.1) is 0 Å². The molecular formula is C56H94O4. The van der Waals surface area contributed by atoms with Gasteiger partial charge in [-0.2, -0.15) is 0 Å². The second kappa shape index (κ2) is 15.6. The fourth-order valence-corrected chi connectivity index (χ4v) is 19.3. The summed E-state index contributed by atoms with van der Waals surface area (Å²) in [5.74, 6) is 9.28. The van der Waals surface area contributed by atoms with E-state index in [0.29, 0.717) is 21.7 Å². The molecule has 4 N–H and O–H groups in total. The van der Waals surface area contributed by atoms with Crippen LogP contribution in [0.3, 0.4) is 0 Å². The molecule has 0 saturated heterocycles. The van der Waals surface area contributed by atoms with Gasteiger partial charge in [0.15, 0.2) is 0 Å². The van der Waals surface area contributed by atoms with Crippen molar-refractivity contribution in [2.45, 2.75) is 251 Å².